The number of carbonyl (C=O) groups excluding carboxylic acids is 1. The second-order valence-corrected chi connectivity index (χ2v) is 5.53. The van der Waals surface area contributed by atoms with Crippen LogP contribution in [-0.2, 0) is 6.42 Å². The molecule has 0 fully saturated rings. The van der Waals surface area contributed by atoms with Gasteiger partial charge in [-0.3, -0.25) is 9.78 Å². The molecule has 1 aromatic carbocycles. The summed E-state index contributed by atoms with van der Waals surface area (Å²) < 4.78 is 0. The summed E-state index contributed by atoms with van der Waals surface area (Å²) in [6.45, 7) is 4.10. The lowest BCUT2D eigenvalue weighted by Gasteiger charge is -2.05. The van der Waals surface area contributed by atoms with E-state index in [1.807, 2.05) is 6.92 Å². The van der Waals surface area contributed by atoms with Crippen molar-refractivity contribution in [2.24, 2.45) is 5.10 Å². The Hall–Kier alpha value is -2.49. The topological polar surface area (TPSA) is 54.4 Å². The van der Waals surface area contributed by atoms with Gasteiger partial charge in [-0.25, -0.2) is 5.43 Å². The van der Waals surface area contributed by atoms with Crippen LogP contribution in [0.4, 0.5) is 0 Å². The number of carbonyl (C=O) groups is 1. The monoisotopic (exact) mass is 309 g/mol. The van der Waals surface area contributed by atoms with Crippen molar-refractivity contribution in [3.05, 3.63) is 65.5 Å². The maximum absolute atomic E-state index is 11.9. The minimum atomic E-state index is -0.233. The summed E-state index contributed by atoms with van der Waals surface area (Å²) >= 11 is 0. The maximum atomic E-state index is 11.9. The number of aromatic nitrogens is 1. The molecule has 0 unspecified atom stereocenters. The first-order chi connectivity index (χ1) is 11.2. The number of aryl methyl sites for hydroxylation is 1. The summed E-state index contributed by atoms with van der Waals surface area (Å²) in [5.41, 5.74) is 6.26. The summed E-state index contributed by atoms with van der Waals surface area (Å²) in [6, 6.07) is 11.7. The molecule has 4 heteroatoms. The molecular formula is C19H23N3O. The van der Waals surface area contributed by atoms with E-state index in [2.05, 4.69) is 46.7 Å². The number of hydrazone groups is 1. The molecule has 0 aliphatic heterocycles. The average molecular weight is 309 g/mol. The highest BCUT2D eigenvalue weighted by Gasteiger charge is 2.04. The van der Waals surface area contributed by atoms with Gasteiger partial charge in [-0.2, -0.15) is 5.10 Å². The lowest BCUT2D eigenvalue weighted by atomic mass is 10.0. The number of unbranched alkanes of at least 4 members (excludes halogenated alkanes) is 2. The normalized spacial score (nSPS) is 11.3. The molecule has 1 amide bonds. The van der Waals surface area contributed by atoms with Crippen molar-refractivity contribution in [2.45, 2.75) is 39.5 Å². The first-order valence-corrected chi connectivity index (χ1v) is 8.04. The predicted molar refractivity (Wildman–Crippen MR) is 93.6 cm³/mol. The molecule has 0 saturated heterocycles. The van der Waals surface area contributed by atoms with Crippen molar-refractivity contribution in [3.8, 4) is 0 Å². The molecule has 2 aromatic rings. The first-order valence-electron chi connectivity index (χ1n) is 8.04. The summed E-state index contributed by atoms with van der Waals surface area (Å²) in [4.78, 5) is 15.8. The molecule has 1 heterocycles. The van der Waals surface area contributed by atoms with Gasteiger partial charge in [-0.1, -0.05) is 44.0 Å². The Morgan fingerprint density at radius 3 is 2.39 bits per heavy atom. The molecule has 1 aromatic heterocycles. The Kier molecular flexibility index (Phi) is 6.48. The molecule has 2 rings (SSSR count). The number of rotatable bonds is 7. The first kappa shape index (κ1) is 16.9. The molecule has 120 valence electrons. The van der Waals surface area contributed by atoms with Crippen LogP contribution in [0.5, 0.6) is 0 Å². The molecule has 0 saturated carbocycles. The molecular weight excluding hydrogens is 286 g/mol. The number of nitrogens with one attached hydrogen (secondary N) is 1. The Morgan fingerprint density at radius 1 is 1.04 bits per heavy atom. The van der Waals surface area contributed by atoms with E-state index in [0.29, 0.717) is 5.56 Å². The Bertz CT molecular complexity index is 648. The third-order valence-electron chi connectivity index (χ3n) is 3.71. The lowest BCUT2D eigenvalue weighted by molar-refractivity contribution is 0.0954. The average Bonchev–Trinajstić information content (AvgIpc) is 2.61. The highest BCUT2D eigenvalue weighted by molar-refractivity contribution is 6.00. The predicted octanol–water partition coefficient (Wildman–Crippen LogP) is 3.97. The van der Waals surface area contributed by atoms with E-state index in [0.717, 1.165) is 17.7 Å². The zero-order valence-electron chi connectivity index (χ0n) is 13.7. The fourth-order valence-electron chi connectivity index (χ4n) is 2.26. The van der Waals surface area contributed by atoms with E-state index in [1.165, 1.54) is 24.8 Å². The standard InChI is InChI=1S/C19H23N3O/c1-3-4-5-6-16-7-9-17(10-8-16)15(2)21-22-19(23)18-11-13-20-14-12-18/h7-14H,3-6H2,1-2H3,(H,22,23)/b21-15-. The zero-order valence-corrected chi connectivity index (χ0v) is 13.7. The van der Waals surface area contributed by atoms with Crippen LogP contribution in [0.25, 0.3) is 0 Å². The number of hydrogen-bond donors (Lipinski definition) is 1. The quantitative estimate of drug-likeness (QED) is 0.478. The Morgan fingerprint density at radius 2 is 1.74 bits per heavy atom. The summed E-state index contributed by atoms with van der Waals surface area (Å²) in [7, 11) is 0. The number of pyridine rings is 1. The lowest BCUT2D eigenvalue weighted by Crippen LogP contribution is -2.19. The van der Waals surface area contributed by atoms with Crippen molar-refractivity contribution in [1.29, 1.82) is 0 Å². The highest BCUT2D eigenvalue weighted by Crippen LogP contribution is 2.09. The summed E-state index contributed by atoms with van der Waals surface area (Å²) in [5.74, 6) is -0.233. The van der Waals surface area contributed by atoms with E-state index < -0.39 is 0 Å². The van der Waals surface area contributed by atoms with Crippen LogP contribution in [0.3, 0.4) is 0 Å². The van der Waals surface area contributed by atoms with Gasteiger partial charge in [-0.15, -0.1) is 0 Å². The van der Waals surface area contributed by atoms with Crippen molar-refractivity contribution in [1.82, 2.24) is 10.4 Å². The van der Waals surface area contributed by atoms with Crippen LogP contribution in [-0.4, -0.2) is 16.6 Å². The van der Waals surface area contributed by atoms with Crippen LogP contribution in [0.1, 0.15) is 54.6 Å². The van der Waals surface area contributed by atoms with Crippen LogP contribution in [0.15, 0.2) is 53.9 Å². The molecule has 0 spiro atoms. The zero-order chi connectivity index (χ0) is 16.5. The van der Waals surface area contributed by atoms with Gasteiger partial charge >= 0.3 is 0 Å². The molecule has 4 nitrogen and oxygen atoms in total. The van der Waals surface area contributed by atoms with Gasteiger partial charge in [0.2, 0.25) is 0 Å². The summed E-state index contributed by atoms with van der Waals surface area (Å²) in [6.07, 6.45) is 8.02. The second kappa shape index (κ2) is 8.83. The number of amides is 1. The van der Waals surface area contributed by atoms with Gasteiger partial charge in [0.15, 0.2) is 0 Å². The maximum Gasteiger partial charge on any atom is 0.271 e. The molecule has 23 heavy (non-hydrogen) atoms. The molecule has 0 bridgehead atoms. The van der Waals surface area contributed by atoms with E-state index in [4.69, 9.17) is 0 Å². The molecule has 0 aliphatic carbocycles. The fourth-order valence-corrected chi connectivity index (χ4v) is 2.26. The number of nitrogens with zero attached hydrogens (tertiary/aromatic N) is 2. The van der Waals surface area contributed by atoms with Crippen molar-refractivity contribution in [3.63, 3.8) is 0 Å². The van der Waals surface area contributed by atoms with Gasteiger partial charge < -0.3 is 0 Å². The van der Waals surface area contributed by atoms with E-state index in [-0.39, 0.29) is 5.91 Å². The van der Waals surface area contributed by atoms with E-state index in [9.17, 15) is 4.79 Å². The SMILES string of the molecule is CCCCCc1ccc(/C(C)=N\NC(=O)c2ccncc2)cc1. The third-order valence-corrected chi connectivity index (χ3v) is 3.71. The van der Waals surface area contributed by atoms with E-state index in [1.54, 1.807) is 24.5 Å². The minimum Gasteiger partial charge on any atom is -0.267 e. The van der Waals surface area contributed by atoms with Crippen LogP contribution >= 0.6 is 0 Å². The molecule has 0 radical (unpaired) electrons. The van der Waals surface area contributed by atoms with Gasteiger partial charge in [0, 0.05) is 18.0 Å². The van der Waals surface area contributed by atoms with Crippen LogP contribution in [0.2, 0.25) is 0 Å². The number of hydrogen-bond acceptors (Lipinski definition) is 3. The summed E-state index contributed by atoms with van der Waals surface area (Å²) in [5, 5.41) is 4.17. The Labute approximate surface area is 137 Å². The smallest absolute Gasteiger partial charge is 0.267 e. The van der Waals surface area contributed by atoms with E-state index >= 15 is 0 Å². The Balaban J connectivity index is 1.94. The second-order valence-electron chi connectivity index (χ2n) is 5.53. The van der Waals surface area contributed by atoms with Gasteiger partial charge in [0.05, 0.1) is 5.71 Å². The molecule has 0 atom stereocenters. The van der Waals surface area contributed by atoms with Gasteiger partial charge in [0.1, 0.15) is 0 Å². The molecule has 1 N–H and O–H groups in total. The van der Waals surface area contributed by atoms with Gasteiger partial charge in [0.25, 0.3) is 5.91 Å². The highest BCUT2D eigenvalue weighted by atomic mass is 16.2. The van der Waals surface area contributed by atoms with Crippen LogP contribution in [0, 0.1) is 0 Å². The molecule has 0 aliphatic rings. The minimum absolute atomic E-state index is 0.233. The van der Waals surface area contributed by atoms with Crippen molar-refractivity contribution >= 4 is 11.6 Å². The largest absolute Gasteiger partial charge is 0.271 e. The number of benzene rings is 1. The van der Waals surface area contributed by atoms with Crippen molar-refractivity contribution in [2.75, 3.05) is 0 Å². The van der Waals surface area contributed by atoms with Crippen LogP contribution < -0.4 is 5.43 Å². The van der Waals surface area contributed by atoms with Gasteiger partial charge in [-0.05, 0) is 43.0 Å². The third kappa shape index (κ3) is 5.33. The van der Waals surface area contributed by atoms with Crippen molar-refractivity contribution < 1.29 is 4.79 Å². The fraction of sp³-hybridized carbons (Fsp3) is 0.316.